The van der Waals surface area contributed by atoms with Crippen LogP contribution >= 0.6 is 11.6 Å². The Morgan fingerprint density at radius 1 is 1.17 bits per heavy atom. The third kappa shape index (κ3) is 3.01. The van der Waals surface area contributed by atoms with Crippen molar-refractivity contribution in [2.24, 2.45) is 5.92 Å². The zero-order valence-electron chi connectivity index (χ0n) is 13.4. The Hall–Kier alpha value is -2.00. The number of benzene rings is 2. The lowest BCUT2D eigenvalue weighted by atomic mass is 9.87. The number of aryl methyl sites for hydroxylation is 1. The van der Waals surface area contributed by atoms with Crippen molar-refractivity contribution in [2.75, 3.05) is 6.61 Å². The van der Waals surface area contributed by atoms with Crippen molar-refractivity contribution in [1.82, 2.24) is 5.32 Å². The van der Waals surface area contributed by atoms with E-state index in [0.717, 1.165) is 30.6 Å². The van der Waals surface area contributed by atoms with Crippen molar-refractivity contribution in [3.8, 4) is 5.75 Å². The third-order valence-corrected chi connectivity index (χ3v) is 5.22. The van der Waals surface area contributed by atoms with E-state index in [1.54, 1.807) is 0 Å². The van der Waals surface area contributed by atoms with E-state index < -0.39 is 0 Å². The minimum atomic E-state index is -0.162. The molecule has 0 bridgehead atoms. The van der Waals surface area contributed by atoms with Crippen LogP contribution in [0.4, 0.5) is 0 Å². The SMILES string of the molecule is O=C(N[C@@H]1CCCc2ccccc21)[C@H]1COc2ccc(Cl)cc2C1. The molecule has 2 atom stereocenters. The van der Waals surface area contributed by atoms with Gasteiger partial charge in [-0.3, -0.25) is 4.79 Å². The van der Waals surface area contributed by atoms with Gasteiger partial charge in [-0.25, -0.2) is 0 Å². The van der Waals surface area contributed by atoms with Crippen LogP contribution in [0.25, 0.3) is 0 Å². The quantitative estimate of drug-likeness (QED) is 0.893. The Bertz CT molecular complexity index is 774. The molecule has 2 aromatic carbocycles. The zero-order valence-corrected chi connectivity index (χ0v) is 14.2. The number of ether oxygens (including phenoxy) is 1. The number of hydrogen-bond donors (Lipinski definition) is 1. The van der Waals surface area contributed by atoms with E-state index in [9.17, 15) is 4.79 Å². The number of nitrogens with one attached hydrogen (secondary N) is 1. The second-order valence-electron chi connectivity index (χ2n) is 6.62. The molecule has 4 heteroatoms. The lowest BCUT2D eigenvalue weighted by molar-refractivity contribution is -0.127. The van der Waals surface area contributed by atoms with Crippen molar-refractivity contribution >= 4 is 17.5 Å². The molecule has 2 aliphatic rings. The maximum absolute atomic E-state index is 12.7. The van der Waals surface area contributed by atoms with E-state index in [4.69, 9.17) is 16.3 Å². The minimum absolute atomic E-state index is 0.0716. The van der Waals surface area contributed by atoms with Crippen molar-refractivity contribution in [3.63, 3.8) is 0 Å². The van der Waals surface area contributed by atoms with Gasteiger partial charge in [-0.1, -0.05) is 35.9 Å². The highest BCUT2D eigenvalue weighted by Crippen LogP contribution is 2.32. The number of amides is 1. The van der Waals surface area contributed by atoms with Crippen molar-refractivity contribution < 1.29 is 9.53 Å². The summed E-state index contributed by atoms with van der Waals surface area (Å²) in [6, 6.07) is 14.1. The molecular formula is C20H20ClNO2. The predicted molar refractivity (Wildman–Crippen MR) is 94.4 cm³/mol. The monoisotopic (exact) mass is 341 g/mol. The molecule has 0 fully saturated rings. The van der Waals surface area contributed by atoms with Gasteiger partial charge in [-0.05, 0) is 60.6 Å². The largest absolute Gasteiger partial charge is 0.492 e. The molecule has 0 saturated carbocycles. The van der Waals surface area contributed by atoms with E-state index in [2.05, 4.69) is 23.5 Å². The summed E-state index contributed by atoms with van der Waals surface area (Å²) in [5, 5.41) is 3.92. The summed E-state index contributed by atoms with van der Waals surface area (Å²) < 4.78 is 5.75. The Morgan fingerprint density at radius 3 is 2.96 bits per heavy atom. The molecule has 0 saturated heterocycles. The second kappa shape index (κ2) is 6.48. The fourth-order valence-electron chi connectivity index (χ4n) is 3.72. The van der Waals surface area contributed by atoms with E-state index >= 15 is 0 Å². The molecule has 4 rings (SSSR count). The maximum Gasteiger partial charge on any atom is 0.227 e. The predicted octanol–water partition coefficient (Wildman–Crippen LogP) is 4.08. The van der Waals surface area contributed by atoms with Crippen LogP contribution in [0.3, 0.4) is 0 Å². The maximum atomic E-state index is 12.7. The first-order valence-corrected chi connectivity index (χ1v) is 8.88. The van der Waals surface area contributed by atoms with Gasteiger partial charge in [0.15, 0.2) is 0 Å². The first kappa shape index (κ1) is 15.5. The molecule has 24 heavy (non-hydrogen) atoms. The van der Waals surface area contributed by atoms with Crippen LogP contribution in [-0.4, -0.2) is 12.5 Å². The summed E-state index contributed by atoms with van der Waals surface area (Å²) >= 11 is 6.06. The van der Waals surface area contributed by atoms with Crippen LogP contribution in [0.5, 0.6) is 5.75 Å². The van der Waals surface area contributed by atoms with E-state index in [1.165, 1.54) is 11.1 Å². The summed E-state index contributed by atoms with van der Waals surface area (Å²) in [6.45, 7) is 0.425. The number of rotatable bonds is 2. The lowest BCUT2D eigenvalue weighted by Gasteiger charge is -2.30. The van der Waals surface area contributed by atoms with Gasteiger partial charge in [-0.15, -0.1) is 0 Å². The molecule has 0 unspecified atom stereocenters. The topological polar surface area (TPSA) is 38.3 Å². The normalized spacial score (nSPS) is 22.0. The zero-order chi connectivity index (χ0) is 16.5. The summed E-state index contributed by atoms with van der Waals surface area (Å²) in [5.41, 5.74) is 3.63. The molecule has 3 nitrogen and oxygen atoms in total. The molecule has 1 amide bonds. The van der Waals surface area contributed by atoms with Crippen molar-refractivity contribution in [3.05, 3.63) is 64.2 Å². The highest BCUT2D eigenvalue weighted by molar-refractivity contribution is 6.30. The van der Waals surface area contributed by atoms with Gasteiger partial charge in [0.05, 0.1) is 12.0 Å². The average Bonchev–Trinajstić information content (AvgIpc) is 2.61. The standard InChI is InChI=1S/C20H20ClNO2/c21-16-8-9-19-14(11-16)10-15(12-24-19)20(23)22-18-7-3-5-13-4-1-2-6-17(13)18/h1-2,4,6,8-9,11,15,18H,3,5,7,10,12H2,(H,22,23)/t15-,18-/m1/s1. The van der Waals surface area contributed by atoms with Crippen LogP contribution in [-0.2, 0) is 17.6 Å². The number of halogens is 1. The Kier molecular flexibility index (Phi) is 4.19. The van der Waals surface area contributed by atoms with Crippen molar-refractivity contribution in [2.45, 2.75) is 31.7 Å². The molecule has 1 heterocycles. The first-order valence-electron chi connectivity index (χ1n) is 8.50. The number of carbonyl (C=O) groups is 1. The highest BCUT2D eigenvalue weighted by Gasteiger charge is 2.29. The Balaban J connectivity index is 1.48. The first-order chi connectivity index (χ1) is 11.7. The summed E-state index contributed by atoms with van der Waals surface area (Å²) in [5.74, 6) is 0.749. The van der Waals surface area contributed by atoms with Crippen LogP contribution in [0.1, 0.15) is 35.6 Å². The van der Waals surface area contributed by atoms with Crippen molar-refractivity contribution in [1.29, 1.82) is 0 Å². The smallest absolute Gasteiger partial charge is 0.227 e. The van der Waals surface area contributed by atoms with E-state index in [0.29, 0.717) is 18.1 Å². The molecule has 2 aromatic rings. The molecule has 0 aromatic heterocycles. The van der Waals surface area contributed by atoms with Crippen LogP contribution < -0.4 is 10.1 Å². The van der Waals surface area contributed by atoms with Gasteiger partial charge in [-0.2, -0.15) is 0 Å². The second-order valence-corrected chi connectivity index (χ2v) is 7.05. The fourth-order valence-corrected chi connectivity index (χ4v) is 3.92. The molecule has 1 aliphatic heterocycles. The number of carbonyl (C=O) groups excluding carboxylic acids is 1. The molecule has 124 valence electrons. The van der Waals surface area contributed by atoms with Crippen LogP contribution in [0, 0.1) is 5.92 Å². The van der Waals surface area contributed by atoms with Gasteiger partial charge < -0.3 is 10.1 Å². The van der Waals surface area contributed by atoms with Gasteiger partial charge in [0, 0.05) is 5.02 Å². The summed E-state index contributed by atoms with van der Waals surface area (Å²) in [4.78, 5) is 12.7. The Morgan fingerprint density at radius 2 is 2.04 bits per heavy atom. The van der Waals surface area contributed by atoms with Crippen LogP contribution in [0.15, 0.2) is 42.5 Å². The van der Waals surface area contributed by atoms with Crippen LogP contribution in [0.2, 0.25) is 5.02 Å². The fraction of sp³-hybridized carbons (Fsp3) is 0.350. The molecule has 0 radical (unpaired) electrons. The average molecular weight is 342 g/mol. The highest BCUT2D eigenvalue weighted by atomic mass is 35.5. The molecular weight excluding hydrogens is 322 g/mol. The molecule has 0 spiro atoms. The van der Waals surface area contributed by atoms with Gasteiger partial charge in [0.25, 0.3) is 0 Å². The van der Waals surface area contributed by atoms with Gasteiger partial charge in [0.1, 0.15) is 12.4 Å². The number of hydrogen-bond acceptors (Lipinski definition) is 2. The molecule has 1 aliphatic carbocycles. The summed E-state index contributed by atoms with van der Waals surface area (Å²) in [7, 11) is 0. The minimum Gasteiger partial charge on any atom is -0.492 e. The van der Waals surface area contributed by atoms with E-state index in [1.807, 2.05) is 24.3 Å². The molecule has 1 N–H and O–H groups in total. The Labute approximate surface area is 147 Å². The lowest BCUT2D eigenvalue weighted by Crippen LogP contribution is -2.40. The summed E-state index contributed by atoms with van der Waals surface area (Å²) in [6.07, 6.45) is 3.89. The van der Waals surface area contributed by atoms with Gasteiger partial charge >= 0.3 is 0 Å². The third-order valence-electron chi connectivity index (χ3n) is 4.99. The van der Waals surface area contributed by atoms with Gasteiger partial charge in [0.2, 0.25) is 5.91 Å². The van der Waals surface area contributed by atoms with E-state index in [-0.39, 0.29) is 17.9 Å². The number of fused-ring (bicyclic) bond motifs is 2.